The van der Waals surface area contributed by atoms with Crippen molar-refractivity contribution in [2.45, 2.75) is 12.1 Å². The highest BCUT2D eigenvalue weighted by molar-refractivity contribution is 7.98. The average Bonchev–Trinajstić information content (AvgIpc) is 2.28. The van der Waals surface area contributed by atoms with E-state index in [9.17, 15) is 4.79 Å². The fourth-order valence-corrected chi connectivity index (χ4v) is 1.49. The van der Waals surface area contributed by atoms with Gasteiger partial charge in [0.25, 0.3) is 0 Å². The average molecular weight is 241 g/mol. The molecule has 0 fully saturated rings. The van der Waals surface area contributed by atoms with E-state index >= 15 is 0 Å². The predicted octanol–water partition coefficient (Wildman–Crippen LogP) is 1.44. The third-order valence-electron chi connectivity index (χ3n) is 1.85. The van der Waals surface area contributed by atoms with Crippen molar-refractivity contribution < 1.29 is 9.53 Å². The lowest BCUT2D eigenvalue weighted by Gasteiger charge is -2.15. The van der Waals surface area contributed by atoms with Crippen LogP contribution in [0.15, 0.2) is 11.4 Å². The van der Waals surface area contributed by atoms with Gasteiger partial charge in [0.1, 0.15) is 11.4 Å². The van der Waals surface area contributed by atoms with E-state index in [2.05, 4.69) is 9.97 Å². The maximum atomic E-state index is 11.6. The first-order chi connectivity index (χ1) is 7.60. The van der Waals surface area contributed by atoms with Gasteiger partial charge in [0.05, 0.1) is 6.61 Å². The number of rotatable bonds is 4. The van der Waals surface area contributed by atoms with E-state index in [4.69, 9.17) is 4.74 Å². The molecule has 0 N–H and O–H groups in total. The Kier molecular flexibility index (Phi) is 4.54. The summed E-state index contributed by atoms with van der Waals surface area (Å²) in [7, 11) is 3.66. The van der Waals surface area contributed by atoms with Crippen molar-refractivity contribution in [3.63, 3.8) is 0 Å². The number of hydrogen-bond acceptors (Lipinski definition) is 6. The molecule has 0 atom stereocenters. The molecule has 1 aromatic rings. The zero-order chi connectivity index (χ0) is 12.1. The maximum absolute atomic E-state index is 11.6. The van der Waals surface area contributed by atoms with E-state index in [1.807, 2.05) is 20.4 Å². The monoisotopic (exact) mass is 241 g/mol. The quantitative estimate of drug-likeness (QED) is 0.452. The number of ether oxygens (including phenoxy) is 1. The molecule has 88 valence electrons. The summed E-state index contributed by atoms with van der Waals surface area (Å²) in [6, 6.07) is 0. The number of thioether (sulfide) groups is 1. The van der Waals surface area contributed by atoms with Crippen molar-refractivity contribution in [2.75, 3.05) is 31.9 Å². The number of carbonyl (C=O) groups is 1. The first kappa shape index (κ1) is 12.8. The second kappa shape index (κ2) is 5.69. The van der Waals surface area contributed by atoms with Crippen LogP contribution >= 0.6 is 11.8 Å². The van der Waals surface area contributed by atoms with Crippen LogP contribution in [0.2, 0.25) is 0 Å². The van der Waals surface area contributed by atoms with Gasteiger partial charge in [0.2, 0.25) is 0 Å². The Balaban J connectivity index is 3.12. The molecule has 1 aromatic heterocycles. The third-order valence-corrected chi connectivity index (χ3v) is 2.41. The van der Waals surface area contributed by atoms with Gasteiger partial charge >= 0.3 is 5.97 Å². The van der Waals surface area contributed by atoms with Crippen LogP contribution in [0, 0.1) is 0 Å². The molecule has 0 aromatic carbocycles. The highest BCUT2D eigenvalue weighted by atomic mass is 32.2. The molecule has 16 heavy (non-hydrogen) atoms. The Hall–Kier alpha value is -1.30. The highest BCUT2D eigenvalue weighted by Gasteiger charge is 2.16. The van der Waals surface area contributed by atoms with Gasteiger partial charge < -0.3 is 9.64 Å². The van der Waals surface area contributed by atoms with Gasteiger partial charge in [-0.05, 0) is 13.2 Å². The maximum Gasteiger partial charge on any atom is 0.343 e. The van der Waals surface area contributed by atoms with Gasteiger partial charge in [-0.1, -0.05) is 11.8 Å². The van der Waals surface area contributed by atoms with Gasteiger partial charge in [-0.25, -0.2) is 14.8 Å². The topological polar surface area (TPSA) is 55.3 Å². The van der Waals surface area contributed by atoms with Crippen LogP contribution in [-0.4, -0.2) is 42.9 Å². The van der Waals surface area contributed by atoms with Crippen molar-refractivity contribution in [3.8, 4) is 0 Å². The number of carbonyl (C=O) groups excluding carboxylic acids is 1. The third kappa shape index (κ3) is 2.85. The highest BCUT2D eigenvalue weighted by Crippen LogP contribution is 2.19. The van der Waals surface area contributed by atoms with Crippen LogP contribution in [0.1, 0.15) is 17.3 Å². The zero-order valence-electron chi connectivity index (χ0n) is 9.85. The Morgan fingerprint density at radius 2 is 2.25 bits per heavy atom. The summed E-state index contributed by atoms with van der Waals surface area (Å²) in [6.45, 7) is 2.11. The van der Waals surface area contributed by atoms with Crippen molar-refractivity contribution in [1.29, 1.82) is 0 Å². The predicted molar refractivity (Wildman–Crippen MR) is 64.1 cm³/mol. The molecule has 0 aliphatic carbocycles. The standard InChI is InChI=1S/C10H15N3O2S/c1-5-15-9(14)7-6-11-10(16-4)12-8(7)13(2)3/h6H,5H2,1-4H3. The lowest BCUT2D eigenvalue weighted by atomic mass is 10.3. The van der Waals surface area contributed by atoms with Crippen molar-refractivity contribution in [2.24, 2.45) is 0 Å². The number of anilines is 1. The molecule has 0 radical (unpaired) electrons. The van der Waals surface area contributed by atoms with Crippen LogP contribution in [0.4, 0.5) is 5.82 Å². The minimum atomic E-state index is -0.390. The number of esters is 1. The normalized spacial score (nSPS) is 10.0. The van der Waals surface area contributed by atoms with E-state index in [-0.39, 0.29) is 5.97 Å². The largest absolute Gasteiger partial charge is 0.462 e. The van der Waals surface area contributed by atoms with E-state index in [1.165, 1.54) is 18.0 Å². The van der Waals surface area contributed by atoms with Crippen LogP contribution < -0.4 is 4.90 Å². The second-order valence-electron chi connectivity index (χ2n) is 3.21. The summed E-state index contributed by atoms with van der Waals surface area (Å²) < 4.78 is 4.94. The summed E-state index contributed by atoms with van der Waals surface area (Å²) in [5, 5.41) is 0.636. The Morgan fingerprint density at radius 1 is 1.56 bits per heavy atom. The molecule has 5 nitrogen and oxygen atoms in total. The molecule has 1 rings (SSSR count). The number of aromatic nitrogens is 2. The summed E-state index contributed by atoms with van der Waals surface area (Å²) in [5.41, 5.74) is 0.393. The molecule has 0 saturated carbocycles. The van der Waals surface area contributed by atoms with Crippen molar-refractivity contribution in [1.82, 2.24) is 9.97 Å². The van der Waals surface area contributed by atoms with E-state index in [0.717, 1.165) is 0 Å². The molecule has 1 heterocycles. The molecule has 6 heteroatoms. The SMILES string of the molecule is CCOC(=O)c1cnc(SC)nc1N(C)C. The smallest absolute Gasteiger partial charge is 0.343 e. The van der Waals surface area contributed by atoms with Crippen molar-refractivity contribution >= 4 is 23.5 Å². The number of nitrogens with zero attached hydrogens (tertiary/aromatic N) is 3. The molecule has 0 saturated heterocycles. The fourth-order valence-electron chi connectivity index (χ4n) is 1.15. The lowest BCUT2D eigenvalue weighted by Crippen LogP contribution is -2.18. The van der Waals surface area contributed by atoms with Gasteiger partial charge in [-0.15, -0.1) is 0 Å². The minimum absolute atomic E-state index is 0.343. The lowest BCUT2D eigenvalue weighted by molar-refractivity contribution is 0.0526. The van der Waals surface area contributed by atoms with E-state index < -0.39 is 0 Å². The van der Waals surface area contributed by atoms with Gasteiger partial charge in [-0.2, -0.15) is 0 Å². The fraction of sp³-hybridized carbons (Fsp3) is 0.500. The van der Waals surface area contributed by atoms with Crippen LogP contribution in [0.25, 0.3) is 0 Å². The second-order valence-corrected chi connectivity index (χ2v) is 3.98. The first-order valence-corrected chi connectivity index (χ1v) is 6.08. The Bertz CT molecular complexity index is 382. The number of hydrogen-bond donors (Lipinski definition) is 0. The summed E-state index contributed by atoms with van der Waals surface area (Å²) in [5.74, 6) is 0.191. The first-order valence-electron chi connectivity index (χ1n) is 4.85. The molecular formula is C10H15N3O2S. The molecule has 0 bridgehead atoms. The molecule has 0 unspecified atom stereocenters. The van der Waals surface area contributed by atoms with Gasteiger partial charge in [0.15, 0.2) is 5.16 Å². The van der Waals surface area contributed by atoms with Crippen molar-refractivity contribution in [3.05, 3.63) is 11.8 Å². The minimum Gasteiger partial charge on any atom is -0.462 e. The summed E-state index contributed by atoms with van der Waals surface area (Å²) in [4.78, 5) is 21.7. The molecule has 0 aliphatic heterocycles. The Labute approximate surface area is 99.2 Å². The van der Waals surface area contributed by atoms with Gasteiger partial charge in [0, 0.05) is 20.3 Å². The van der Waals surface area contributed by atoms with Crippen LogP contribution in [0.5, 0.6) is 0 Å². The van der Waals surface area contributed by atoms with Gasteiger partial charge in [-0.3, -0.25) is 0 Å². The molecule has 0 spiro atoms. The summed E-state index contributed by atoms with van der Waals surface area (Å²) in [6.07, 6.45) is 3.39. The molecular weight excluding hydrogens is 226 g/mol. The van der Waals surface area contributed by atoms with Crippen LogP contribution in [0.3, 0.4) is 0 Å². The van der Waals surface area contributed by atoms with E-state index in [0.29, 0.717) is 23.1 Å². The van der Waals surface area contributed by atoms with E-state index in [1.54, 1.807) is 11.8 Å². The molecule has 0 aliphatic rings. The summed E-state index contributed by atoms with van der Waals surface area (Å²) >= 11 is 1.43. The zero-order valence-corrected chi connectivity index (χ0v) is 10.7. The Morgan fingerprint density at radius 3 is 2.75 bits per heavy atom. The van der Waals surface area contributed by atoms with Crippen LogP contribution in [-0.2, 0) is 4.74 Å². The molecule has 0 amide bonds.